The predicted molar refractivity (Wildman–Crippen MR) is 131 cm³/mol. The second-order valence-corrected chi connectivity index (χ2v) is 10.4. The molecular formula is C23H29N7O4S. The Kier molecular flexibility index (Phi) is 7.03. The Balaban J connectivity index is 1.66. The molecule has 4 rings (SSSR count). The van der Waals surface area contributed by atoms with E-state index in [9.17, 15) is 13.2 Å². The fourth-order valence-electron chi connectivity index (χ4n) is 4.15. The number of amides is 1. The maximum absolute atomic E-state index is 13.6. The van der Waals surface area contributed by atoms with Crippen molar-refractivity contribution in [3.05, 3.63) is 60.3 Å². The van der Waals surface area contributed by atoms with Gasteiger partial charge in [0.05, 0.1) is 19.4 Å². The molecule has 1 aliphatic heterocycles. The molecule has 12 heteroatoms. The third-order valence-corrected chi connectivity index (χ3v) is 7.21. The molecule has 0 radical (unpaired) electrons. The number of imidazole rings is 1. The van der Waals surface area contributed by atoms with Gasteiger partial charge < -0.3 is 15.0 Å². The van der Waals surface area contributed by atoms with Crippen LogP contribution in [0.3, 0.4) is 0 Å². The van der Waals surface area contributed by atoms with Crippen LogP contribution in [0.15, 0.2) is 49.1 Å². The number of piperazine rings is 1. The third-order valence-electron chi connectivity index (χ3n) is 5.94. The summed E-state index contributed by atoms with van der Waals surface area (Å²) < 4.78 is 33.1. The Morgan fingerprint density at radius 1 is 1.23 bits per heavy atom. The van der Waals surface area contributed by atoms with Gasteiger partial charge in [0, 0.05) is 49.4 Å². The lowest BCUT2D eigenvalue weighted by molar-refractivity contribution is -0.123. The van der Waals surface area contributed by atoms with Crippen molar-refractivity contribution in [1.29, 1.82) is 0 Å². The average Bonchev–Trinajstić information content (AvgIpc) is 3.38. The fourth-order valence-corrected chi connectivity index (χ4v) is 4.97. The Bertz CT molecular complexity index is 1300. The molecule has 11 nitrogen and oxygen atoms in total. The molecule has 0 bridgehead atoms. The van der Waals surface area contributed by atoms with Gasteiger partial charge >= 0.3 is 0 Å². The van der Waals surface area contributed by atoms with E-state index < -0.39 is 16.1 Å². The number of ether oxygens (including phenoxy) is 1. The topological polar surface area (TPSA) is 123 Å². The molecule has 3 heterocycles. The summed E-state index contributed by atoms with van der Waals surface area (Å²) >= 11 is 0. The SMILES string of the molecule is COc1ccccc1C(C)NC(=O)C1CN(S(C)(=O)=O)CCN1c1cc(C)nc(-n2ccnc2)n1. The summed E-state index contributed by atoms with van der Waals surface area (Å²) in [4.78, 5) is 28.6. The van der Waals surface area contributed by atoms with E-state index in [2.05, 4.69) is 20.3 Å². The number of benzene rings is 1. The van der Waals surface area contributed by atoms with Crippen LogP contribution in [0, 0.1) is 6.92 Å². The van der Waals surface area contributed by atoms with Crippen molar-refractivity contribution in [3.63, 3.8) is 0 Å². The molecule has 1 fully saturated rings. The van der Waals surface area contributed by atoms with E-state index in [1.807, 2.05) is 43.0 Å². The lowest BCUT2D eigenvalue weighted by Crippen LogP contribution is -2.60. The quantitative estimate of drug-likeness (QED) is 0.516. The summed E-state index contributed by atoms with van der Waals surface area (Å²) in [7, 11) is -1.90. The van der Waals surface area contributed by atoms with Gasteiger partial charge in [-0.05, 0) is 19.9 Å². The molecule has 1 aromatic carbocycles. The Morgan fingerprint density at radius 3 is 2.69 bits per heavy atom. The maximum atomic E-state index is 13.6. The van der Waals surface area contributed by atoms with Crippen molar-refractivity contribution in [2.45, 2.75) is 25.9 Å². The molecule has 0 saturated carbocycles. The average molecular weight is 500 g/mol. The Hall–Kier alpha value is -3.51. The van der Waals surface area contributed by atoms with Crippen LogP contribution in [0.1, 0.15) is 24.2 Å². The number of anilines is 1. The van der Waals surface area contributed by atoms with Crippen LogP contribution < -0.4 is 15.0 Å². The second-order valence-electron chi connectivity index (χ2n) is 8.44. The van der Waals surface area contributed by atoms with Crippen molar-refractivity contribution in [1.82, 2.24) is 29.1 Å². The highest BCUT2D eigenvalue weighted by Crippen LogP contribution is 2.26. The molecule has 1 N–H and O–H groups in total. The highest BCUT2D eigenvalue weighted by atomic mass is 32.2. The number of aryl methyl sites for hydroxylation is 1. The Morgan fingerprint density at radius 2 is 2.00 bits per heavy atom. The lowest BCUT2D eigenvalue weighted by Gasteiger charge is -2.40. The highest BCUT2D eigenvalue weighted by Gasteiger charge is 2.37. The molecule has 0 aliphatic carbocycles. The summed E-state index contributed by atoms with van der Waals surface area (Å²) in [6.45, 7) is 4.26. The van der Waals surface area contributed by atoms with Crippen molar-refractivity contribution >= 4 is 21.7 Å². The van der Waals surface area contributed by atoms with Gasteiger partial charge in [-0.15, -0.1) is 0 Å². The van der Waals surface area contributed by atoms with Gasteiger partial charge in [-0.3, -0.25) is 9.36 Å². The van der Waals surface area contributed by atoms with Crippen LogP contribution >= 0.6 is 0 Å². The number of aromatic nitrogens is 4. The number of para-hydroxylation sites is 1. The molecule has 0 spiro atoms. The van der Waals surface area contributed by atoms with Crippen LogP contribution in [0.25, 0.3) is 5.95 Å². The van der Waals surface area contributed by atoms with Crippen LogP contribution in [0.2, 0.25) is 0 Å². The summed E-state index contributed by atoms with van der Waals surface area (Å²) in [5, 5.41) is 3.03. The minimum atomic E-state index is -3.48. The number of carbonyl (C=O) groups excluding carboxylic acids is 1. The fraction of sp³-hybridized carbons (Fsp3) is 0.391. The van der Waals surface area contributed by atoms with E-state index in [0.29, 0.717) is 29.8 Å². The number of hydrogen-bond acceptors (Lipinski definition) is 8. The second kappa shape index (κ2) is 10.0. The standard InChI is InChI=1S/C23H29N7O4S/c1-16-13-21(27-23(25-16)28-10-9-24-15-28)30-12-11-29(35(4,32)33)14-19(30)22(31)26-17(2)18-7-5-6-8-20(18)34-3/h5-10,13,15,17,19H,11-12,14H2,1-4H3,(H,26,31). The van der Waals surface area contributed by atoms with Gasteiger partial charge in [-0.1, -0.05) is 18.2 Å². The number of methoxy groups -OCH3 is 1. The number of rotatable bonds is 7. The maximum Gasteiger partial charge on any atom is 0.244 e. The summed E-state index contributed by atoms with van der Waals surface area (Å²) in [5.41, 5.74) is 1.54. The molecule has 186 valence electrons. The van der Waals surface area contributed by atoms with Gasteiger partial charge in [0.2, 0.25) is 21.9 Å². The van der Waals surface area contributed by atoms with Gasteiger partial charge in [0.25, 0.3) is 0 Å². The monoisotopic (exact) mass is 499 g/mol. The first-order valence-corrected chi connectivity index (χ1v) is 13.0. The van der Waals surface area contributed by atoms with Crippen molar-refractivity contribution < 1.29 is 17.9 Å². The molecule has 3 aromatic rings. The molecule has 2 unspecified atom stereocenters. The number of carbonyl (C=O) groups is 1. The number of sulfonamides is 1. The Labute approximate surface area is 204 Å². The molecule has 2 aromatic heterocycles. The van der Waals surface area contributed by atoms with Crippen LogP contribution in [0.4, 0.5) is 5.82 Å². The predicted octanol–water partition coefficient (Wildman–Crippen LogP) is 1.31. The number of nitrogens with one attached hydrogen (secondary N) is 1. The number of nitrogens with zero attached hydrogens (tertiary/aromatic N) is 6. The zero-order chi connectivity index (χ0) is 25.2. The van der Waals surface area contributed by atoms with E-state index in [1.165, 1.54) is 4.31 Å². The lowest BCUT2D eigenvalue weighted by atomic mass is 10.1. The minimum absolute atomic E-state index is 0.00672. The van der Waals surface area contributed by atoms with Gasteiger partial charge in [0.1, 0.15) is 23.9 Å². The summed E-state index contributed by atoms with van der Waals surface area (Å²) in [6, 6.07) is 8.09. The van der Waals surface area contributed by atoms with E-state index in [0.717, 1.165) is 11.8 Å². The molecule has 1 amide bonds. The van der Waals surface area contributed by atoms with Crippen LogP contribution in [-0.2, 0) is 14.8 Å². The number of hydrogen-bond donors (Lipinski definition) is 1. The third kappa shape index (κ3) is 5.43. The van der Waals surface area contributed by atoms with Crippen molar-refractivity contribution in [3.8, 4) is 11.7 Å². The first-order valence-electron chi connectivity index (χ1n) is 11.2. The van der Waals surface area contributed by atoms with Crippen molar-refractivity contribution in [2.75, 3.05) is 37.9 Å². The van der Waals surface area contributed by atoms with E-state index in [-0.39, 0.29) is 25.0 Å². The van der Waals surface area contributed by atoms with Gasteiger partial charge in [0.15, 0.2) is 0 Å². The van der Waals surface area contributed by atoms with E-state index in [1.54, 1.807) is 36.5 Å². The summed E-state index contributed by atoms with van der Waals surface area (Å²) in [5.74, 6) is 1.32. The normalized spacial score (nSPS) is 17.7. The summed E-state index contributed by atoms with van der Waals surface area (Å²) in [6.07, 6.45) is 6.12. The molecule has 2 atom stereocenters. The van der Waals surface area contributed by atoms with Crippen LogP contribution in [0.5, 0.6) is 5.75 Å². The molecule has 1 saturated heterocycles. The van der Waals surface area contributed by atoms with E-state index >= 15 is 0 Å². The molecule has 35 heavy (non-hydrogen) atoms. The largest absolute Gasteiger partial charge is 0.496 e. The molecular weight excluding hydrogens is 470 g/mol. The van der Waals surface area contributed by atoms with Gasteiger partial charge in [-0.2, -0.15) is 9.29 Å². The smallest absolute Gasteiger partial charge is 0.244 e. The van der Waals surface area contributed by atoms with E-state index in [4.69, 9.17) is 4.74 Å². The van der Waals surface area contributed by atoms with Crippen LogP contribution in [-0.4, -0.2) is 77.2 Å². The first-order chi connectivity index (χ1) is 16.7. The van der Waals surface area contributed by atoms with Crippen molar-refractivity contribution in [2.24, 2.45) is 0 Å². The minimum Gasteiger partial charge on any atom is -0.496 e. The zero-order valence-electron chi connectivity index (χ0n) is 20.1. The zero-order valence-corrected chi connectivity index (χ0v) is 20.9. The van der Waals surface area contributed by atoms with Gasteiger partial charge in [-0.25, -0.2) is 18.4 Å². The first kappa shape index (κ1) is 24.6. The highest BCUT2D eigenvalue weighted by molar-refractivity contribution is 7.88. The molecule has 1 aliphatic rings.